The highest BCUT2D eigenvalue weighted by atomic mass is 32.2. The predicted molar refractivity (Wildman–Crippen MR) is 76.7 cm³/mol. The van der Waals surface area contributed by atoms with Gasteiger partial charge in [-0.05, 0) is 31.4 Å². The van der Waals surface area contributed by atoms with Crippen LogP contribution in [0.15, 0.2) is 18.3 Å². The lowest BCUT2D eigenvalue weighted by Gasteiger charge is -2.28. The molecule has 3 unspecified atom stereocenters. The second-order valence-electron chi connectivity index (χ2n) is 5.28. The van der Waals surface area contributed by atoms with E-state index in [0.29, 0.717) is 11.7 Å². The summed E-state index contributed by atoms with van der Waals surface area (Å²) in [4.78, 5) is 6.27. The fourth-order valence-corrected chi connectivity index (χ4v) is 3.73. The van der Waals surface area contributed by atoms with Crippen LogP contribution in [0.25, 0.3) is 0 Å². The molecule has 0 aliphatic carbocycles. The standard InChI is InChI=1S/C14H21FN2OS/c1-10(8-17(2)12-5-6-19-9-12)14(18)13-4-3-11(15)7-16-13/h3-4,7,10,12,14,18H,5-6,8-9H2,1-2H3. The topological polar surface area (TPSA) is 36.4 Å². The predicted octanol–water partition coefficient (Wildman–Crippen LogP) is 2.33. The molecule has 1 fully saturated rings. The van der Waals surface area contributed by atoms with Crippen LogP contribution in [-0.2, 0) is 0 Å². The van der Waals surface area contributed by atoms with E-state index in [1.807, 2.05) is 18.7 Å². The molecule has 1 aromatic heterocycles. The van der Waals surface area contributed by atoms with Gasteiger partial charge in [-0.15, -0.1) is 0 Å². The van der Waals surface area contributed by atoms with Gasteiger partial charge in [-0.2, -0.15) is 11.8 Å². The van der Waals surface area contributed by atoms with Gasteiger partial charge < -0.3 is 10.0 Å². The van der Waals surface area contributed by atoms with Gasteiger partial charge in [0.15, 0.2) is 0 Å². The Kier molecular flexibility index (Phi) is 5.19. The molecule has 1 aliphatic heterocycles. The van der Waals surface area contributed by atoms with Gasteiger partial charge in [-0.25, -0.2) is 4.39 Å². The molecular formula is C14H21FN2OS. The number of aromatic nitrogens is 1. The smallest absolute Gasteiger partial charge is 0.141 e. The Morgan fingerprint density at radius 2 is 2.37 bits per heavy atom. The lowest BCUT2D eigenvalue weighted by atomic mass is 10.00. The summed E-state index contributed by atoms with van der Waals surface area (Å²) in [5.41, 5.74) is 0.545. The number of thioether (sulfide) groups is 1. The molecular weight excluding hydrogens is 263 g/mol. The van der Waals surface area contributed by atoms with Crippen LogP contribution in [0.2, 0.25) is 0 Å². The summed E-state index contributed by atoms with van der Waals surface area (Å²) in [5, 5.41) is 10.3. The van der Waals surface area contributed by atoms with Crippen LogP contribution in [0.1, 0.15) is 25.1 Å². The molecule has 0 saturated carbocycles. The highest BCUT2D eigenvalue weighted by Gasteiger charge is 2.24. The van der Waals surface area contributed by atoms with Gasteiger partial charge in [0.2, 0.25) is 0 Å². The van der Waals surface area contributed by atoms with E-state index in [-0.39, 0.29) is 11.7 Å². The van der Waals surface area contributed by atoms with Crippen molar-refractivity contribution in [3.8, 4) is 0 Å². The number of nitrogens with zero attached hydrogens (tertiary/aromatic N) is 2. The highest BCUT2D eigenvalue weighted by Crippen LogP contribution is 2.25. The van der Waals surface area contributed by atoms with Crippen molar-refractivity contribution in [3.05, 3.63) is 29.8 Å². The summed E-state index contributed by atoms with van der Waals surface area (Å²) in [6.07, 6.45) is 1.73. The first kappa shape index (κ1) is 14.8. The van der Waals surface area contributed by atoms with Crippen LogP contribution < -0.4 is 0 Å². The Morgan fingerprint density at radius 1 is 1.58 bits per heavy atom. The van der Waals surface area contributed by atoms with Crippen molar-refractivity contribution >= 4 is 11.8 Å². The Morgan fingerprint density at radius 3 is 2.95 bits per heavy atom. The number of aliphatic hydroxyl groups is 1. The molecule has 2 heterocycles. The monoisotopic (exact) mass is 284 g/mol. The van der Waals surface area contributed by atoms with Crippen LogP contribution in [0.3, 0.4) is 0 Å². The van der Waals surface area contributed by atoms with Crippen molar-refractivity contribution in [2.24, 2.45) is 5.92 Å². The minimum Gasteiger partial charge on any atom is -0.386 e. The number of pyridine rings is 1. The van der Waals surface area contributed by atoms with Crippen LogP contribution in [0.5, 0.6) is 0 Å². The van der Waals surface area contributed by atoms with Crippen molar-refractivity contribution < 1.29 is 9.50 Å². The summed E-state index contributed by atoms with van der Waals surface area (Å²) < 4.78 is 12.8. The van der Waals surface area contributed by atoms with Gasteiger partial charge in [-0.3, -0.25) is 4.98 Å². The van der Waals surface area contributed by atoms with Crippen molar-refractivity contribution in [2.75, 3.05) is 25.1 Å². The van der Waals surface area contributed by atoms with E-state index < -0.39 is 6.10 Å². The third-order valence-electron chi connectivity index (χ3n) is 3.70. The molecule has 106 valence electrons. The molecule has 1 N–H and O–H groups in total. The first-order valence-electron chi connectivity index (χ1n) is 6.65. The molecule has 0 bridgehead atoms. The van der Waals surface area contributed by atoms with Gasteiger partial charge in [-0.1, -0.05) is 6.92 Å². The van der Waals surface area contributed by atoms with E-state index in [0.717, 1.165) is 12.7 Å². The van der Waals surface area contributed by atoms with Crippen LogP contribution >= 0.6 is 11.8 Å². The van der Waals surface area contributed by atoms with Crippen LogP contribution in [0.4, 0.5) is 4.39 Å². The Hall–Kier alpha value is -0.650. The fraction of sp³-hybridized carbons (Fsp3) is 0.643. The largest absolute Gasteiger partial charge is 0.386 e. The minimum absolute atomic E-state index is 0.0774. The van der Waals surface area contributed by atoms with E-state index in [4.69, 9.17) is 0 Å². The van der Waals surface area contributed by atoms with Gasteiger partial charge in [0.25, 0.3) is 0 Å². The van der Waals surface area contributed by atoms with E-state index in [2.05, 4.69) is 16.9 Å². The van der Waals surface area contributed by atoms with Crippen LogP contribution in [0, 0.1) is 11.7 Å². The summed E-state index contributed by atoms with van der Waals surface area (Å²) in [7, 11) is 2.11. The lowest BCUT2D eigenvalue weighted by Crippen LogP contribution is -2.36. The molecule has 1 aliphatic rings. The van der Waals surface area contributed by atoms with Gasteiger partial charge in [0, 0.05) is 24.3 Å². The molecule has 0 aromatic carbocycles. The molecule has 0 spiro atoms. The molecule has 19 heavy (non-hydrogen) atoms. The van der Waals surface area contributed by atoms with Crippen LogP contribution in [-0.4, -0.2) is 46.1 Å². The van der Waals surface area contributed by atoms with E-state index in [9.17, 15) is 9.50 Å². The average Bonchev–Trinajstić information content (AvgIpc) is 2.92. The van der Waals surface area contributed by atoms with Crippen molar-refractivity contribution in [3.63, 3.8) is 0 Å². The molecule has 2 rings (SSSR count). The maximum Gasteiger partial charge on any atom is 0.141 e. The third kappa shape index (κ3) is 3.91. The zero-order chi connectivity index (χ0) is 13.8. The van der Waals surface area contributed by atoms with Crippen molar-refractivity contribution in [2.45, 2.75) is 25.5 Å². The zero-order valence-electron chi connectivity index (χ0n) is 11.4. The maximum atomic E-state index is 12.8. The SMILES string of the molecule is CC(CN(C)C1CCSC1)C(O)c1ccc(F)cn1. The highest BCUT2D eigenvalue weighted by molar-refractivity contribution is 7.99. The van der Waals surface area contributed by atoms with Gasteiger partial charge in [0.05, 0.1) is 18.0 Å². The number of halogens is 1. The number of rotatable bonds is 5. The molecule has 5 heteroatoms. The van der Waals surface area contributed by atoms with Gasteiger partial charge >= 0.3 is 0 Å². The molecule has 0 amide bonds. The van der Waals surface area contributed by atoms with Gasteiger partial charge in [0.1, 0.15) is 5.82 Å². The fourth-order valence-electron chi connectivity index (χ4n) is 2.43. The van der Waals surface area contributed by atoms with E-state index in [1.54, 1.807) is 6.07 Å². The maximum absolute atomic E-state index is 12.8. The Labute approximate surface area is 118 Å². The third-order valence-corrected chi connectivity index (χ3v) is 4.84. The number of aliphatic hydroxyl groups excluding tert-OH is 1. The summed E-state index contributed by atoms with van der Waals surface area (Å²) in [5.74, 6) is 2.11. The molecule has 1 saturated heterocycles. The molecule has 3 nitrogen and oxygen atoms in total. The Balaban J connectivity index is 1.91. The first-order chi connectivity index (χ1) is 9.08. The minimum atomic E-state index is -0.642. The quantitative estimate of drug-likeness (QED) is 0.900. The second kappa shape index (κ2) is 6.68. The second-order valence-corrected chi connectivity index (χ2v) is 6.43. The first-order valence-corrected chi connectivity index (χ1v) is 7.81. The molecule has 1 aromatic rings. The number of hydrogen-bond acceptors (Lipinski definition) is 4. The van der Waals surface area contributed by atoms with Crippen molar-refractivity contribution in [1.82, 2.24) is 9.88 Å². The summed E-state index contributed by atoms with van der Waals surface area (Å²) in [6, 6.07) is 3.51. The van der Waals surface area contributed by atoms with Crippen molar-refractivity contribution in [1.29, 1.82) is 0 Å². The zero-order valence-corrected chi connectivity index (χ0v) is 12.2. The Bertz CT molecular complexity index is 395. The van der Waals surface area contributed by atoms with E-state index >= 15 is 0 Å². The lowest BCUT2D eigenvalue weighted by molar-refractivity contribution is 0.0831. The molecule has 3 atom stereocenters. The number of hydrogen-bond donors (Lipinski definition) is 1. The average molecular weight is 284 g/mol. The van der Waals surface area contributed by atoms with E-state index in [1.165, 1.54) is 24.0 Å². The normalized spacial score (nSPS) is 22.7. The molecule has 0 radical (unpaired) electrons. The summed E-state index contributed by atoms with van der Waals surface area (Å²) in [6.45, 7) is 2.83. The summed E-state index contributed by atoms with van der Waals surface area (Å²) >= 11 is 1.99.